The maximum Gasteiger partial charge on any atom is 0.345 e. The van der Waals surface area contributed by atoms with Crippen LogP contribution in [0.3, 0.4) is 0 Å². The minimum atomic E-state index is -3.86. The van der Waals surface area contributed by atoms with E-state index >= 15 is 0 Å². The summed E-state index contributed by atoms with van der Waals surface area (Å²) in [7, 11) is -3.86. The molecule has 3 aromatic carbocycles. The van der Waals surface area contributed by atoms with Gasteiger partial charge in [-0.25, -0.2) is 9.63 Å². The summed E-state index contributed by atoms with van der Waals surface area (Å²) in [6.07, 6.45) is 1.29. The van der Waals surface area contributed by atoms with Crippen LogP contribution in [-0.4, -0.2) is 27.2 Å². The Morgan fingerprint density at radius 2 is 1.67 bits per heavy atom. The van der Waals surface area contributed by atoms with E-state index in [4.69, 9.17) is 44.3 Å². The van der Waals surface area contributed by atoms with Crippen LogP contribution in [-0.2, 0) is 10.0 Å². The molecule has 0 aromatic heterocycles. The van der Waals surface area contributed by atoms with Gasteiger partial charge in [0.2, 0.25) is 0 Å². The maximum atomic E-state index is 12.5. The predicted octanol–water partition coefficient (Wildman–Crippen LogP) is 5.58. The van der Waals surface area contributed by atoms with Gasteiger partial charge in [-0.3, -0.25) is 0 Å². The quantitative estimate of drug-likeness (QED) is 0.179. The first kappa shape index (κ1) is 24.9. The number of benzene rings is 3. The average molecular weight is 528 g/mol. The zero-order valence-corrected chi connectivity index (χ0v) is 20.2. The van der Waals surface area contributed by atoms with E-state index in [0.29, 0.717) is 22.2 Å². The van der Waals surface area contributed by atoms with Crippen molar-refractivity contribution in [3.05, 3.63) is 86.9 Å². The highest BCUT2D eigenvalue weighted by atomic mass is 35.5. The van der Waals surface area contributed by atoms with Crippen LogP contribution in [0.15, 0.2) is 70.7 Å². The molecule has 172 valence electrons. The molecule has 1 N–H and O–H groups in total. The van der Waals surface area contributed by atoms with E-state index in [1.165, 1.54) is 54.7 Å². The third-order valence-electron chi connectivity index (χ3n) is 4.13. The second-order valence-electron chi connectivity index (χ2n) is 6.46. The number of esters is 1. The molecule has 7 nitrogen and oxygen atoms in total. The Kier molecular flexibility index (Phi) is 8.20. The first-order valence-corrected chi connectivity index (χ1v) is 12.1. The number of nitrogens with zero attached hydrogens (tertiary/aromatic N) is 1. The Morgan fingerprint density at radius 1 is 0.970 bits per heavy atom. The van der Waals surface area contributed by atoms with Crippen LogP contribution in [0, 0.1) is 0 Å². The lowest BCUT2D eigenvalue weighted by atomic mass is 10.2. The van der Waals surface area contributed by atoms with E-state index in [1.54, 1.807) is 19.1 Å². The third-order valence-corrected chi connectivity index (χ3v) is 6.17. The highest BCUT2D eigenvalue weighted by Gasteiger charge is 2.17. The van der Waals surface area contributed by atoms with Crippen LogP contribution in [0.4, 0.5) is 0 Å². The van der Waals surface area contributed by atoms with Crippen molar-refractivity contribution >= 4 is 57.0 Å². The zero-order chi connectivity index (χ0) is 24.0. The van der Waals surface area contributed by atoms with Crippen LogP contribution in [0.1, 0.15) is 22.8 Å². The molecule has 0 aliphatic carbocycles. The minimum Gasteiger partial charge on any atom is -0.490 e. The SMILES string of the molecule is CCOc1cc(/C=N\NS(=O)(=O)c2ccc(Cl)cc2)ccc1OC(=O)c1ccc(Cl)cc1Cl. The van der Waals surface area contributed by atoms with Crippen molar-refractivity contribution in [1.82, 2.24) is 4.83 Å². The number of carbonyl (C=O) groups excluding carboxylic acids is 1. The molecule has 0 unspecified atom stereocenters. The number of nitrogens with one attached hydrogen (secondary N) is 1. The van der Waals surface area contributed by atoms with E-state index in [-0.39, 0.29) is 27.0 Å². The van der Waals surface area contributed by atoms with Crippen LogP contribution in [0.2, 0.25) is 15.1 Å². The van der Waals surface area contributed by atoms with Crippen LogP contribution in [0.5, 0.6) is 11.5 Å². The Hall–Kier alpha value is -2.78. The first-order valence-electron chi connectivity index (χ1n) is 9.44. The number of carbonyl (C=O) groups is 1. The molecule has 0 saturated heterocycles. The summed E-state index contributed by atoms with van der Waals surface area (Å²) in [5, 5.41) is 4.74. The van der Waals surface area contributed by atoms with E-state index in [1.807, 2.05) is 0 Å². The van der Waals surface area contributed by atoms with Crippen molar-refractivity contribution < 1.29 is 22.7 Å². The number of rotatable bonds is 8. The van der Waals surface area contributed by atoms with E-state index in [0.717, 1.165) is 0 Å². The first-order chi connectivity index (χ1) is 15.7. The maximum absolute atomic E-state index is 12.5. The van der Waals surface area contributed by atoms with Gasteiger partial charge in [0.15, 0.2) is 11.5 Å². The molecule has 0 amide bonds. The summed E-state index contributed by atoms with van der Waals surface area (Å²) < 4.78 is 35.6. The standard InChI is InChI=1S/C22H17Cl3N2O5S/c1-2-31-21-11-14(13-26-27-33(29,30)17-7-4-15(23)5-8-17)3-10-20(21)32-22(28)18-9-6-16(24)12-19(18)25/h3-13,27H,2H2,1H3/b26-13-. The lowest BCUT2D eigenvalue weighted by Crippen LogP contribution is -2.18. The van der Waals surface area contributed by atoms with Gasteiger partial charge in [-0.15, -0.1) is 0 Å². The molecule has 0 spiro atoms. The molecule has 0 fully saturated rings. The van der Waals surface area contributed by atoms with Gasteiger partial charge in [0, 0.05) is 10.0 Å². The summed E-state index contributed by atoms with van der Waals surface area (Å²) in [5.41, 5.74) is 0.646. The molecule has 0 bridgehead atoms. The van der Waals surface area contributed by atoms with Crippen LogP contribution >= 0.6 is 34.8 Å². The fourth-order valence-corrected chi connectivity index (χ4v) is 4.01. The monoisotopic (exact) mass is 526 g/mol. The van der Waals surface area contributed by atoms with Crippen LogP contribution < -0.4 is 14.3 Å². The van der Waals surface area contributed by atoms with Crippen molar-refractivity contribution in [3.63, 3.8) is 0 Å². The number of ether oxygens (including phenoxy) is 2. The molecule has 11 heteroatoms. The fraction of sp³-hybridized carbons (Fsp3) is 0.0909. The smallest absolute Gasteiger partial charge is 0.345 e. The molecule has 0 aliphatic rings. The van der Waals surface area contributed by atoms with Gasteiger partial charge in [0.25, 0.3) is 10.0 Å². The van der Waals surface area contributed by atoms with Gasteiger partial charge in [-0.2, -0.15) is 13.5 Å². The Morgan fingerprint density at radius 3 is 2.33 bits per heavy atom. The lowest BCUT2D eigenvalue weighted by Gasteiger charge is -2.12. The summed E-state index contributed by atoms with van der Waals surface area (Å²) in [4.78, 5) is 14.6. The van der Waals surface area contributed by atoms with Gasteiger partial charge in [-0.1, -0.05) is 34.8 Å². The molecule has 3 rings (SSSR count). The average Bonchev–Trinajstić information content (AvgIpc) is 2.75. The van der Waals surface area contributed by atoms with Gasteiger partial charge >= 0.3 is 5.97 Å². The molecule has 0 atom stereocenters. The van der Waals surface area contributed by atoms with Gasteiger partial charge in [0.1, 0.15) is 0 Å². The predicted molar refractivity (Wildman–Crippen MR) is 128 cm³/mol. The van der Waals surface area contributed by atoms with Gasteiger partial charge in [0.05, 0.1) is 28.3 Å². The number of halogens is 3. The Bertz CT molecular complexity index is 1300. The molecule has 0 radical (unpaired) electrons. The largest absolute Gasteiger partial charge is 0.490 e. The van der Waals surface area contributed by atoms with Gasteiger partial charge in [-0.05, 0) is 73.2 Å². The summed E-state index contributed by atoms with van der Waals surface area (Å²) in [6, 6.07) is 14.7. The molecular weight excluding hydrogens is 511 g/mol. The van der Waals surface area contributed by atoms with E-state index in [9.17, 15) is 13.2 Å². The second kappa shape index (κ2) is 10.9. The molecular formula is C22H17Cl3N2O5S. The molecule has 0 saturated carbocycles. The molecule has 3 aromatic rings. The van der Waals surface area contributed by atoms with Gasteiger partial charge < -0.3 is 9.47 Å². The minimum absolute atomic E-state index is 0.0159. The number of hydrazone groups is 1. The second-order valence-corrected chi connectivity index (χ2v) is 9.40. The third kappa shape index (κ3) is 6.61. The number of hydrogen-bond acceptors (Lipinski definition) is 6. The zero-order valence-electron chi connectivity index (χ0n) is 17.1. The van der Waals surface area contributed by atoms with Crippen molar-refractivity contribution in [3.8, 4) is 11.5 Å². The molecule has 0 aliphatic heterocycles. The van der Waals surface area contributed by atoms with E-state index in [2.05, 4.69) is 9.93 Å². The summed E-state index contributed by atoms with van der Waals surface area (Å²) in [5.74, 6) is -0.262. The van der Waals surface area contributed by atoms with Crippen molar-refractivity contribution in [2.24, 2.45) is 5.10 Å². The van der Waals surface area contributed by atoms with Crippen molar-refractivity contribution in [2.75, 3.05) is 6.61 Å². The highest BCUT2D eigenvalue weighted by molar-refractivity contribution is 7.89. The number of hydrogen-bond donors (Lipinski definition) is 1. The fourth-order valence-electron chi connectivity index (χ4n) is 2.60. The lowest BCUT2D eigenvalue weighted by molar-refractivity contribution is 0.0728. The number of sulfonamides is 1. The van der Waals surface area contributed by atoms with Crippen molar-refractivity contribution in [2.45, 2.75) is 11.8 Å². The summed E-state index contributed by atoms with van der Waals surface area (Å²) >= 11 is 17.7. The molecule has 33 heavy (non-hydrogen) atoms. The highest BCUT2D eigenvalue weighted by Crippen LogP contribution is 2.30. The molecule has 0 heterocycles. The Balaban J connectivity index is 1.76. The van der Waals surface area contributed by atoms with Crippen molar-refractivity contribution in [1.29, 1.82) is 0 Å². The summed E-state index contributed by atoms with van der Waals surface area (Å²) in [6.45, 7) is 2.07. The Labute approximate surface area is 205 Å². The normalized spacial score (nSPS) is 11.4. The van der Waals surface area contributed by atoms with Crippen LogP contribution in [0.25, 0.3) is 0 Å². The van der Waals surface area contributed by atoms with E-state index < -0.39 is 16.0 Å². The topological polar surface area (TPSA) is 94.1 Å².